The normalized spacial score (nSPS) is 20.2. The van der Waals surface area contributed by atoms with Gasteiger partial charge in [-0.2, -0.15) is 4.31 Å². The molecule has 0 aromatic heterocycles. The van der Waals surface area contributed by atoms with E-state index < -0.39 is 10.0 Å². The summed E-state index contributed by atoms with van der Waals surface area (Å²) in [6.45, 7) is 2.08. The first-order chi connectivity index (χ1) is 9.37. The quantitative estimate of drug-likeness (QED) is 0.802. The molecule has 0 spiro atoms. The number of nitrogens with two attached hydrogens (primary N) is 1. The van der Waals surface area contributed by atoms with Crippen LogP contribution in [0.25, 0.3) is 0 Å². The van der Waals surface area contributed by atoms with Crippen LogP contribution in [-0.4, -0.2) is 42.0 Å². The average molecular weight is 314 g/mol. The number of hydrogen-bond donors (Lipinski definition) is 2. The van der Waals surface area contributed by atoms with Crippen molar-refractivity contribution in [2.45, 2.75) is 30.7 Å². The first kappa shape index (κ1) is 15.4. The zero-order chi connectivity index (χ0) is 14.9. The number of rotatable bonds is 4. The summed E-state index contributed by atoms with van der Waals surface area (Å²) in [5.74, 6) is 0. The second-order valence-corrected chi connectivity index (χ2v) is 7.27. The van der Waals surface area contributed by atoms with Crippen LogP contribution < -0.4 is 5.73 Å². The third kappa shape index (κ3) is 2.71. The van der Waals surface area contributed by atoms with Gasteiger partial charge in [-0.05, 0) is 37.5 Å². The van der Waals surface area contributed by atoms with Crippen molar-refractivity contribution >= 4 is 27.2 Å². The van der Waals surface area contributed by atoms with Crippen LogP contribution in [0.1, 0.15) is 24.0 Å². The first-order valence-corrected chi connectivity index (χ1v) is 8.26. The van der Waals surface area contributed by atoms with Crippen LogP contribution in [0.2, 0.25) is 0 Å². The Bertz CT molecular complexity index is 629. The molecule has 5 nitrogen and oxygen atoms in total. The van der Waals surface area contributed by atoms with Crippen molar-refractivity contribution in [3.05, 3.63) is 29.3 Å². The predicted molar refractivity (Wildman–Crippen MR) is 81.1 cm³/mol. The maximum absolute atomic E-state index is 12.6. The highest BCUT2D eigenvalue weighted by molar-refractivity contribution is 7.89. The number of sulfonamides is 1. The van der Waals surface area contributed by atoms with E-state index in [-0.39, 0.29) is 22.5 Å². The van der Waals surface area contributed by atoms with Crippen LogP contribution in [0.5, 0.6) is 0 Å². The van der Waals surface area contributed by atoms with E-state index in [9.17, 15) is 13.5 Å². The molecule has 20 heavy (non-hydrogen) atoms. The van der Waals surface area contributed by atoms with Gasteiger partial charge in [0.1, 0.15) is 4.99 Å². The molecule has 1 aliphatic heterocycles. The molecule has 110 valence electrons. The summed E-state index contributed by atoms with van der Waals surface area (Å²) < 4.78 is 26.6. The Labute approximate surface area is 124 Å². The SMILES string of the molecule is Cc1cc(S(=O)(=O)N2CCCC2CO)ccc1C(N)=S. The van der Waals surface area contributed by atoms with Gasteiger partial charge in [-0.15, -0.1) is 0 Å². The van der Waals surface area contributed by atoms with E-state index >= 15 is 0 Å². The Hall–Kier alpha value is -1.02. The van der Waals surface area contributed by atoms with E-state index in [1.807, 2.05) is 0 Å². The van der Waals surface area contributed by atoms with Gasteiger partial charge in [0.25, 0.3) is 0 Å². The van der Waals surface area contributed by atoms with Crippen molar-refractivity contribution in [2.75, 3.05) is 13.2 Å². The largest absolute Gasteiger partial charge is 0.395 e. The van der Waals surface area contributed by atoms with E-state index in [0.29, 0.717) is 18.5 Å². The highest BCUT2D eigenvalue weighted by Crippen LogP contribution is 2.26. The molecular weight excluding hydrogens is 296 g/mol. The summed E-state index contributed by atoms with van der Waals surface area (Å²) in [4.78, 5) is 0.469. The minimum Gasteiger partial charge on any atom is -0.395 e. The molecule has 2 rings (SSSR count). The molecule has 7 heteroatoms. The van der Waals surface area contributed by atoms with Crippen LogP contribution in [-0.2, 0) is 10.0 Å². The van der Waals surface area contributed by atoms with Gasteiger partial charge in [-0.25, -0.2) is 8.42 Å². The van der Waals surface area contributed by atoms with Crippen LogP contribution in [0.15, 0.2) is 23.1 Å². The fourth-order valence-electron chi connectivity index (χ4n) is 2.52. The first-order valence-electron chi connectivity index (χ1n) is 6.41. The van der Waals surface area contributed by atoms with Gasteiger partial charge in [0, 0.05) is 18.2 Å². The van der Waals surface area contributed by atoms with Crippen molar-refractivity contribution in [1.82, 2.24) is 4.31 Å². The molecule has 0 saturated carbocycles. The summed E-state index contributed by atoms with van der Waals surface area (Å²) in [5.41, 5.74) is 6.99. The molecule has 1 atom stereocenters. The number of hydrogen-bond acceptors (Lipinski definition) is 4. The molecule has 1 saturated heterocycles. The number of aryl methyl sites for hydroxylation is 1. The zero-order valence-electron chi connectivity index (χ0n) is 11.2. The Balaban J connectivity index is 2.40. The van der Waals surface area contributed by atoms with Crippen molar-refractivity contribution in [1.29, 1.82) is 0 Å². The van der Waals surface area contributed by atoms with Gasteiger partial charge < -0.3 is 10.8 Å². The van der Waals surface area contributed by atoms with Crippen molar-refractivity contribution in [2.24, 2.45) is 5.73 Å². The summed E-state index contributed by atoms with van der Waals surface area (Å²) in [7, 11) is -3.58. The maximum atomic E-state index is 12.6. The molecular formula is C13H18N2O3S2. The fourth-order valence-corrected chi connectivity index (χ4v) is 4.52. The van der Waals surface area contributed by atoms with Gasteiger partial charge in [0.05, 0.1) is 11.5 Å². The van der Waals surface area contributed by atoms with Crippen molar-refractivity contribution in [3.63, 3.8) is 0 Å². The van der Waals surface area contributed by atoms with Crippen molar-refractivity contribution < 1.29 is 13.5 Å². The Morgan fingerprint density at radius 3 is 2.80 bits per heavy atom. The third-order valence-corrected chi connectivity index (χ3v) is 5.77. The molecule has 0 bridgehead atoms. The van der Waals surface area contributed by atoms with Gasteiger partial charge in [-0.1, -0.05) is 18.3 Å². The molecule has 1 aromatic carbocycles. The molecule has 0 aliphatic carbocycles. The maximum Gasteiger partial charge on any atom is 0.243 e. The Morgan fingerprint density at radius 2 is 2.25 bits per heavy atom. The number of thiocarbonyl (C=S) groups is 1. The minimum absolute atomic E-state index is 0.150. The third-order valence-electron chi connectivity index (χ3n) is 3.60. The lowest BCUT2D eigenvalue weighted by Crippen LogP contribution is -2.37. The van der Waals surface area contributed by atoms with Crippen LogP contribution in [0.3, 0.4) is 0 Å². The van der Waals surface area contributed by atoms with Crippen LogP contribution in [0, 0.1) is 6.92 Å². The van der Waals surface area contributed by atoms with E-state index in [0.717, 1.165) is 12.0 Å². The highest BCUT2D eigenvalue weighted by Gasteiger charge is 2.34. The highest BCUT2D eigenvalue weighted by atomic mass is 32.2. The van der Waals surface area contributed by atoms with Crippen LogP contribution in [0.4, 0.5) is 0 Å². The molecule has 0 amide bonds. The number of aliphatic hydroxyl groups is 1. The van der Waals surface area contributed by atoms with Gasteiger partial charge >= 0.3 is 0 Å². The van der Waals surface area contributed by atoms with E-state index in [2.05, 4.69) is 0 Å². The van der Waals surface area contributed by atoms with E-state index in [1.165, 1.54) is 10.4 Å². The van der Waals surface area contributed by atoms with Gasteiger partial charge in [0.2, 0.25) is 10.0 Å². The fraction of sp³-hybridized carbons (Fsp3) is 0.462. The summed E-state index contributed by atoms with van der Waals surface area (Å²) in [6, 6.07) is 4.41. The molecule has 1 aromatic rings. The molecule has 3 N–H and O–H groups in total. The monoisotopic (exact) mass is 314 g/mol. The Morgan fingerprint density at radius 1 is 1.55 bits per heavy atom. The summed E-state index contributed by atoms with van der Waals surface area (Å²) in [6.07, 6.45) is 1.47. The molecule has 1 heterocycles. The smallest absolute Gasteiger partial charge is 0.243 e. The number of nitrogens with zero attached hydrogens (tertiary/aromatic N) is 1. The van der Waals surface area contributed by atoms with Gasteiger partial charge in [-0.3, -0.25) is 0 Å². The second kappa shape index (κ2) is 5.77. The molecule has 1 fully saturated rings. The standard InChI is InChI=1S/C13H18N2O3S2/c1-9-7-11(4-5-12(9)13(14)19)20(17,18)15-6-2-3-10(15)8-16/h4-5,7,10,16H,2-3,6,8H2,1H3,(H2,14,19). The number of aliphatic hydroxyl groups excluding tert-OH is 1. The van der Waals surface area contributed by atoms with Crippen LogP contribution >= 0.6 is 12.2 Å². The lowest BCUT2D eigenvalue weighted by molar-refractivity contribution is 0.213. The van der Waals surface area contributed by atoms with Gasteiger partial charge in [0.15, 0.2) is 0 Å². The zero-order valence-corrected chi connectivity index (χ0v) is 12.9. The average Bonchev–Trinajstić information content (AvgIpc) is 2.87. The number of benzene rings is 1. The summed E-state index contributed by atoms with van der Waals surface area (Å²) >= 11 is 4.92. The predicted octanol–water partition coefficient (Wildman–Crippen LogP) is 0.775. The lowest BCUT2D eigenvalue weighted by Gasteiger charge is -2.22. The summed E-state index contributed by atoms with van der Waals surface area (Å²) in [5, 5.41) is 9.28. The topological polar surface area (TPSA) is 83.6 Å². The Kier molecular flexibility index (Phi) is 4.43. The van der Waals surface area contributed by atoms with E-state index in [1.54, 1.807) is 19.1 Å². The molecule has 1 aliphatic rings. The van der Waals surface area contributed by atoms with E-state index in [4.69, 9.17) is 18.0 Å². The molecule has 1 unspecified atom stereocenters. The minimum atomic E-state index is -3.58. The second-order valence-electron chi connectivity index (χ2n) is 4.94. The molecule has 0 radical (unpaired) electrons. The lowest BCUT2D eigenvalue weighted by atomic mass is 10.1. The van der Waals surface area contributed by atoms with Crippen molar-refractivity contribution in [3.8, 4) is 0 Å².